The number of halogens is 2. The van der Waals surface area contributed by atoms with Gasteiger partial charge in [-0.2, -0.15) is 15.2 Å². The van der Waals surface area contributed by atoms with Gasteiger partial charge in [-0.25, -0.2) is 8.78 Å². The van der Waals surface area contributed by atoms with Crippen molar-refractivity contribution in [2.75, 3.05) is 37.7 Å². The number of aromatic nitrogens is 2. The zero-order valence-corrected chi connectivity index (χ0v) is 24.2. The molecule has 5 heterocycles. The number of hydrogen-bond donors (Lipinski definition) is 1. The zero-order chi connectivity index (χ0) is 29.3. The first-order valence-corrected chi connectivity index (χ1v) is 15.4. The first-order valence-electron chi connectivity index (χ1n) is 15.4. The van der Waals surface area contributed by atoms with E-state index in [2.05, 4.69) is 26.2 Å². The number of piperazine rings is 1. The van der Waals surface area contributed by atoms with Gasteiger partial charge in [0.05, 0.1) is 17.2 Å². The Morgan fingerprint density at radius 2 is 1.91 bits per heavy atom. The molecule has 4 aliphatic rings. The van der Waals surface area contributed by atoms with E-state index < -0.39 is 12.0 Å². The molecule has 2 bridgehead atoms. The van der Waals surface area contributed by atoms with Gasteiger partial charge < -0.3 is 15.0 Å². The van der Waals surface area contributed by atoms with Crippen molar-refractivity contribution < 1.29 is 13.5 Å². The number of alkyl halides is 1. The van der Waals surface area contributed by atoms with E-state index in [1.807, 2.05) is 43.3 Å². The van der Waals surface area contributed by atoms with E-state index in [1.54, 1.807) is 6.07 Å². The van der Waals surface area contributed by atoms with Crippen molar-refractivity contribution in [1.29, 1.82) is 5.26 Å². The Bertz CT molecular complexity index is 1790. The van der Waals surface area contributed by atoms with Crippen molar-refractivity contribution in [3.8, 4) is 23.2 Å². The number of anilines is 1. The summed E-state index contributed by atoms with van der Waals surface area (Å²) in [6.45, 7) is 5.01. The van der Waals surface area contributed by atoms with Crippen LogP contribution in [0.3, 0.4) is 0 Å². The second kappa shape index (κ2) is 10.1. The number of fused-ring (bicyclic) bond motifs is 5. The number of nitrogens with zero attached hydrogens (tertiary/aromatic N) is 5. The molecule has 3 aromatic carbocycles. The quantitative estimate of drug-likeness (QED) is 0.326. The minimum Gasteiger partial charge on any atom is -0.461 e. The molecule has 43 heavy (non-hydrogen) atoms. The SMILES string of the molecule is Cc1cccc2cccc(-c3c(C#N)cc4c(N5CC6CCC(C5)N6)nc(OC[C@@]56CCCN5C[C@H](F)C6)nc4c3F)c12. The van der Waals surface area contributed by atoms with E-state index >= 15 is 4.39 Å². The third-order valence-corrected chi connectivity index (χ3v) is 10.1. The first-order chi connectivity index (χ1) is 20.9. The topological polar surface area (TPSA) is 77.3 Å². The summed E-state index contributed by atoms with van der Waals surface area (Å²) in [5.41, 5.74) is 1.92. The van der Waals surface area contributed by atoms with Crippen molar-refractivity contribution in [3.63, 3.8) is 0 Å². The molecule has 7 nitrogen and oxygen atoms in total. The Kier molecular flexibility index (Phi) is 6.28. The van der Waals surface area contributed by atoms with Gasteiger partial charge in [0.2, 0.25) is 0 Å². The predicted molar refractivity (Wildman–Crippen MR) is 163 cm³/mol. The van der Waals surface area contributed by atoms with Gasteiger partial charge in [-0.15, -0.1) is 0 Å². The summed E-state index contributed by atoms with van der Waals surface area (Å²) >= 11 is 0. The van der Waals surface area contributed by atoms with Crippen LogP contribution in [0.4, 0.5) is 14.6 Å². The van der Waals surface area contributed by atoms with Crippen LogP contribution in [0.2, 0.25) is 0 Å². The molecule has 1 aromatic heterocycles. The van der Waals surface area contributed by atoms with Gasteiger partial charge in [-0.3, -0.25) is 4.90 Å². The maximum atomic E-state index is 17.0. The fourth-order valence-electron chi connectivity index (χ4n) is 8.20. The second-order valence-corrected chi connectivity index (χ2v) is 12.8. The van der Waals surface area contributed by atoms with E-state index in [-0.39, 0.29) is 34.8 Å². The lowest BCUT2D eigenvalue weighted by molar-refractivity contribution is 0.107. The molecule has 4 aliphatic heterocycles. The Morgan fingerprint density at radius 1 is 1.12 bits per heavy atom. The van der Waals surface area contributed by atoms with Crippen LogP contribution in [-0.4, -0.2) is 71.4 Å². The Labute approximate surface area is 249 Å². The number of ether oxygens (including phenoxy) is 1. The molecular formula is C34H34F2N6O. The Hall–Kier alpha value is -3.87. The summed E-state index contributed by atoms with van der Waals surface area (Å²) in [7, 11) is 0. The lowest BCUT2D eigenvalue weighted by Gasteiger charge is -2.34. The smallest absolute Gasteiger partial charge is 0.319 e. The molecule has 8 rings (SSSR count). The van der Waals surface area contributed by atoms with Gasteiger partial charge in [0.15, 0.2) is 5.82 Å². The minimum atomic E-state index is -0.873. The second-order valence-electron chi connectivity index (χ2n) is 12.8. The van der Waals surface area contributed by atoms with Gasteiger partial charge >= 0.3 is 6.01 Å². The van der Waals surface area contributed by atoms with Crippen LogP contribution in [0.25, 0.3) is 32.8 Å². The number of aryl methyl sites for hydroxylation is 1. The standard InChI is InChI=1S/C34H34F2N6O/c1-20-5-2-6-21-7-3-8-26(28(20)21)29-22(15-37)13-27-31(30(29)36)39-33(40-32(27)41-17-24-9-10-25(18-41)38-24)43-19-34-11-4-12-42(34)16-23(35)14-34/h2-3,5-8,13,23-25,38H,4,9-12,14,16-19H2,1H3/t23-,24?,25?,34+/m1/s1. The van der Waals surface area contributed by atoms with Gasteiger partial charge in [0.25, 0.3) is 0 Å². The van der Waals surface area contributed by atoms with Crippen molar-refractivity contribution in [3.05, 3.63) is 59.4 Å². The van der Waals surface area contributed by atoms with Gasteiger partial charge in [0, 0.05) is 49.1 Å². The Morgan fingerprint density at radius 3 is 2.70 bits per heavy atom. The summed E-state index contributed by atoms with van der Waals surface area (Å²) in [5.74, 6) is 0.0340. The molecule has 0 spiro atoms. The minimum absolute atomic E-state index is 0.0978. The molecule has 4 aromatic rings. The van der Waals surface area contributed by atoms with E-state index in [0.717, 1.165) is 61.7 Å². The molecule has 4 saturated heterocycles. The monoisotopic (exact) mass is 580 g/mol. The normalized spacial score (nSPS) is 26.7. The predicted octanol–water partition coefficient (Wildman–Crippen LogP) is 5.67. The number of benzene rings is 3. The highest BCUT2D eigenvalue weighted by atomic mass is 19.1. The Balaban J connectivity index is 1.29. The van der Waals surface area contributed by atoms with Crippen LogP contribution in [0.5, 0.6) is 6.01 Å². The van der Waals surface area contributed by atoms with E-state index in [9.17, 15) is 9.65 Å². The highest BCUT2D eigenvalue weighted by Crippen LogP contribution is 2.42. The van der Waals surface area contributed by atoms with Gasteiger partial charge in [-0.05, 0) is 67.1 Å². The summed E-state index contributed by atoms with van der Waals surface area (Å²) in [6, 6.07) is 16.5. The maximum Gasteiger partial charge on any atom is 0.319 e. The lowest BCUT2D eigenvalue weighted by Crippen LogP contribution is -2.51. The molecule has 0 saturated carbocycles. The lowest BCUT2D eigenvalue weighted by atomic mass is 9.91. The first kappa shape index (κ1) is 26.7. The van der Waals surface area contributed by atoms with Crippen LogP contribution in [0.1, 0.15) is 43.2 Å². The summed E-state index contributed by atoms with van der Waals surface area (Å²) < 4.78 is 37.7. The maximum absolute atomic E-state index is 17.0. The number of nitriles is 1. The molecule has 2 unspecified atom stereocenters. The highest BCUT2D eigenvalue weighted by Gasteiger charge is 2.49. The van der Waals surface area contributed by atoms with E-state index in [4.69, 9.17) is 9.72 Å². The summed E-state index contributed by atoms with van der Waals surface area (Å²) in [4.78, 5) is 13.9. The number of rotatable bonds is 5. The van der Waals surface area contributed by atoms with Gasteiger partial charge in [-0.1, -0.05) is 36.4 Å². The van der Waals surface area contributed by atoms with Gasteiger partial charge in [0.1, 0.15) is 24.1 Å². The number of hydrogen-bond acceptors (Lipinski definition) is 7. The molecule has 4 fully saturated rings. The molecule has 4 atom stereocenters. The average Bonchev–Trinajstić information content (AvgIpc) is 3.65. The fourth-order valence-corrected chi connectivity index (χ4v) is 8.20. The van der Waals surface area contributed by atoms with Crippen molar-refractivity contribution in [2.45, 2.75) is 62.8 Å². The van der Waals surface area contributed by atoms with E-state index in [1.165, 1.54) is 0 Å². The third kappa shape index (κ3) is 4.34. The van der Waals surface area contributed by atoms with E-state index in [0.29, 0.717) is 41.8 Å². The fraction of sp³-hybridized carbons (Fsp3) is 0.441. The van der Waals surface area contributed by atoms with Crippen LogP contribution in [0, 0.1) is 24.1 Å². The average molecular weight is 581 g/mol. The van der Waals surface area contributed by atoms with Crippen LogP contribution >= 0.6 is 0 Å². The molecule has 0 amide bonds. The van der Waals surface area contributed by atoms with Crippen LogP contribution < -0.4 is 15.0 Å². The van der Waals surface area contributed by atoms with Crippen LogP contribution in [0.15, 0.2) is 42.5 Å². The third-order valence-electron chi connectivity index (χ3n) is 10.1. The molecule has 220 valence electrons. The van der Waals surface area contributed by atoms with Crippen molar-refractivity contribution in [2.24, 2.45) is 0 Å². The molecule has 0 radical (unpaired) electrons. The molecule has 0 aliphatic carbocycles. The largest absolute Gasteiger partial charge is 0.461 e. The highest BCUT2D eigenvalue weighted by molar-refractivity contribution is 6.03. The summed E-state index contributed by atoms with van der Waals surface area (Å²) in [6.07, 6.45) is 3.58. The van der Waals surface area contributed by atoms with Crippen molar-refractivity contribution in [1.82, 2.24) is 20.2 Å². The van der Waals surface area contributed by atoms with Crippen molar-refractivity contribution >= 4 is 27.5 Å². The zero-order valence-electron chi connectivity index (χ0n) is 24.2. The number of nitrogens with one attached hydrogen (secondary N) is 1. The molecular weight excluding hydrogens is 546 g/mol. The summed E-state index contributed by atoms with van der Waals surface area (Å²) in [5, 5.41) is 16.4. The molecule has 9 heteroatoms. The van der Waals surface area contributed by atoms with Crippen LogP contribution in [-0.2, 0) is 0 Å². The molecule has 1 N–H and O–H groups in total.